The molecule has 1 aliphatic carbocycles. The van der Waals surface area contributed by atoms with E-state index < -0.39 is 0 Å². The molecule has 0 saturated carbocycles. The lowest BCUT2D eigenvalue weighted by molar-refractivity contribution is -0.134. The van der Waals surface area contributed by atoms with Crippen LogP contribution in [-0.2, 0) is 4.79 Å². The van der Waals surface area contributed by atoms with Gasteiger partial charge in [-0.2, -0.15) is 0 Å². The highest BCUT2D eigenvalue weighted by Crippen LogP contribution is 2.42. The first-order chi connectivity index (χ1) is 17.1. The van der Waals surface area contributed by atoms with Crippen molar-refractivity contribution in [2.24, 2.45) is 5.92 Å². The highest BCUT2D eigenvalue weighted by molar-refractivity contribution is 5.81. The van der Waals surface area contributed by atoms with Gasteiger partial charge in [0, 0.05) is 44.8 Å². The molecule has 3 saturated heterocycles. The molecule has 5 rings (SSSR count). The number of carbonyl (C=O) groups excluding carboxylic acids is 1. The summed E-state index contributed by atoms with van der Waals surface area (Å²) >= 11 is 0. The number of hydrogen-bond acceptors (Lipinski definition) is 4. The molecule has 4 aliphatic rings. The summed E-state index contributed by atoms with van der Waals surface area (Å²) in [6.07, 6.45) is 17.8. The van der Waals surface area contributed by atoms with E-state index in [1.165, 1.54) is 31.3 Å². The molecular formula is C30H41N3O2. The van der Waals surface area contributed by atoms with E-state index in [0.29, 0.717) is 17.8 Å². The van der Waals surface area contributed by atoms with Crippen molar-refractivity contribution < 1.29 is 9.90 Å². The maximum atomic E-state index is 13.1. The summed E-state index contributed by atoms with van der Waals surface area (Å²) in [5, 5.41) is 10.4. The zero-order valence-corrected chi connectivity index (χ0v) is 21.0. The number of aromatic hydroxyl groups is 1. The molecule has 1 N–H and O–H groups in total. The highest BCUT2D eigenvalue weighted by Gasteiger charge is 2.40. The second-order valence-corrected chi connectivity index (χ2v) is 10.8. The molecule has 3 fully saturated rings. The van der Waals surface area contributed by atoms with Crippen molar-refractivity contribution in [3.8, 4) is 5.75 Å². The van der Waals surface area contributed by atoms with Gasteiger partial charge in [0.05, 0.1) is 12.0 Å². The first kappa shape index (κ1) is 24.3. The van der Waals surface area contributed by atoms with E-state index >= 15 is 0 Å². The average molecular weight is 476 g/mol. The molecule has 1 aromatic rings. The fourth-order valence-electron chi connectivity index (χ4n) is 6.76. The fraction of sp³-hybridized carbons (Fsp3) is 0.567. The zero-order chi connectivity index (χ0) is 24.2. The second kappa shape index (κ2) is 11.1. The molecule has 4 unspecified atom stereocenters. The second-order valence-electron chi connectivity index (χ2n) is 10.8. The molecule has 0 spiro atoms. The van der Waals surface area contributed by atoms with Crippen molar-refractivity contribution in [3.63, 3.8) is 0 Å². The van der Waals surface area contributed by atoms with Gasteiger partial charge >= 0.3 is 0 Å². The van der Waals surface area contributed by atoms with Gasteiger partial charge in [-0.3, -0.25) is 14.6 Å². The van der Waals surface area contributed by atoms with Crippen LogP contribution < -0.4 is 0 Å². The van der Waals surface area contributed by atoms with E-state index in [1.54, 1.807) is 6.07 Å². The number of hydrogen-bond donors (Lipinski definition) is 1. The first-order valence-corrected chi connectivity index (χ1v) is 13.7. The number of amides is 1. The minimum absolute atomic E-state index is 0.0478. The van der Waals surface area contributed by atoms with E-state index in [9.17, 15) is 9.90 Å². The van der Waals surface area contributed by atoms with E-state index in [2.05, 4.69) is 45.6 Å². The van der Waals surface area contributed by atoms with Gasteiger partial charge in [0.15, 0.2) is 0 Å². The summed E-state index contributed by atoms with van der Waals surface area (Å²) in [7, 11) is 0. The smallest absolute Gasteiger partial charge is 0.229 e. The van der Waals surface area contributed by atoms with E-state index in [4.69, 9.17) is 0 Å². The quantitative estimate of drug-likeness (QED) is 0.584. The number of rotatable bonds is 6. The van der Waals surface area contributed by atoms with Gasteiger partial charge in [0.2, 0.25) is 5.91 Å². The average Bonchev–Trinajstić information content (AvgIpc) is 2.97. The highest BCUT2D eigenvalue weighted by atomic mass is 16.3. The van der Waals surface area contributed by atoms with Crippen molar-refractivity contribution in [2.45, 2.75) is 69.5 Å². The topological polar surface area (TPSA) is 47.0 Å². The molecule has 5 nitrogen and oxygen atoms in total. The number of likely N-dealkylation sites (tertiary alicyclic amines) is 1. The maximum absolute atomic E-state index is 13.1. The summed E-state index contributed by atoms with van der Waals surface area (Å²) in [6.45, 7) is 8.90. The van der Waals surface area contributed by atoms with Gasteiger partial charge in [-0.1, -0.05) is 42.9 Å². The number of piperidine rings is 2. The summed E-state index contributed by atoms with van der Waals surface area (Å²) < 4.78 is 0. The molecule has 4 atom stereocenters. The lowest BCUT2D eigenvalue weighted by Crippen LogP contribution is -2.50. The number of allylic oxidation sites excluding steroid dienone is 1. The normalized spacial score (nSPS) is 28.7. The summed E-state index contributed by atoms with van der Waals surface area (Å²) in [5.41, 5.74) is 2.42. The van der Waals surface area contributed by atoms with Gasteiger partial charge in [0.25, 0.3) is 0 Å². The van der Waals surface area contributed by atoms with Gasteiger partial charge in [0.1, 0.15) is 5.75 Å². The Morgan fingerprint density at radius 3 is 2.66 bits per heavy atom. The van der Waals surface area contributed by atoms with Gasteiger partial charge in [-0.05, 0) is 68.2 Å². The van der Waals surface area contributed by atoms with E-state index in [-0.39, 0.29) is 17.9 Å². The molecule has 5 heteroatoms. The Hall–Kier alpha value is -2.37. The Bertz CT molecular complexity index is 964. The Morgan fingerprint density at radius 1 is 1.09 bits per heavy atom. The number of nitrogens with zero attached hydrogens (tertiary/aromatic N) is 3. The SMILES string of the molecule is C=CCN1CCC2CCCC(C1)N2C(C1=CCC(C(=O)N2CCCCC2)C=C1)c1cccc(O)c1. The number of phenols is 1. The predicted octanol–water partition coefficient (Wildman–Crippen LogP) is 5.06. The molecule has 2 bridgehead atoms. The predicted molar refractivity (Wildman–Crippen MR) is 141 cm³/mol. The number of carbonyl (C=O) groups is 1. The van der Waals surface area contributed by atoms with E-state index in [1.807, 2.05) is 18.2 Å². The van der Waals surface area contributed by atoms with Gasteiger partial charge < -0.3 is 10.0 Å². The van der Waals surface area contributed by atoms with Crippen LogP contribution in [0.5, 0.6) is 5.75 Å². The largest absolute Gasteiger partial charge is 0.508 e. The monoisotopic (exact) mass is 475 g/mol. The molecule has 3 heterocycles. The van der Waals surface area contributed by atoms with Crippen LogP contribution in [0.25, 0.3) is 0 Å². The Balaban J connectivity index is 1.42. The third kappa shape index (κ3) is 5.41. The lowest BCUT2D eigenvalue weighted by Gasteiger charge is -2.46. The van der Waals surface area contributed by atoms with E-state index in [0.717, 1.165) is 64.0 Å². The molecule has 1 aromatic carbocycles. The van der Waals surface area contributed by atoms with Crippen LogP contribution >= 0.6 is 0 Å². The van der Waals surface area contributed by atoms with Crippen LogP contribution in [0.2, 0.25) is 0 Å². The summed E-state index contributed by atoms with van der Waals surface area (Å²) in [6, 6.07) is 8.92. The molecule has 1 amide bonds. The Morgan fingerprint density at radius 2 is 1.91 bits per heavy atom. The van der Waals surface area contributed by atoms with Crippen molar-refractivity contribution in [1.82, 2.24) is 14.7 Å². The number of phenolic OH excluding ortho intramolecular Hbond substituents is 1. The van der Waals surface area contributed by atoms with Crippen molar-refractivity contribution in [1.29, 1.82) is 0 Å². The van der Waals surface area contributed by atoms with Crippen LogP contribution in [-0.4, -0.2) is 70.5 Å². The zero-order valence-electron chi connectivity index (χ0n) is 21.0. The van der Waals surface area contributed by atoms with Crippen molar-refractivity contribution in [2.75, 3.05) is 32.7 Å². The summed E-state index contributed by atoms with van der Waals surface area (Å²) in [4.78, 5) is 20.5. The lowest BCUT2D eigenvalue weighted by atomic mass is 9.84. The summed E-state index contributed by atoms with van der Waals surface area (Å²) in [5.74, 6) is 0.560. The van der Waals surface area contributed by atoms with Crippen LogP contribution in [0.1, 0.15) is 63.0 Å². The third-order valence-electron chi connectivity index (χ3n) is 8.47. The van der Waals surface area contributed by atoms with Crippen molar-refractivity contribution in [3.05, 3.63) is 66.3 Å². The third-order valence-corrected chi connectivity index (χ3v) is 8.47. The molecule has 3 aliphatic heterocycles. The molecular weight excluding hydrogens is 434 g/mol. The maximum Gasteiger partial charge on any atom is 0.229 e. The minimum atomic E-state index is -0.0478. The van der Waals surface area contributed by atoms with Crippen LogP contribution in [0.4, 0.5) is 0 Å². The minimum Gasteiger partial charge on any atom is -0.508 e. The molecule has 35 heavy (non-hydrogen) atoms. The van der Waals surface area contributed by atoms with Gasteiger partial charge in [-0.15, -0.1) is 6.58 Å². The van der Waals surface area contributed by atoms with Crippen LogP contribution in [0.15, 0.2) is 60.7 Å². The van der Waals surface area contributed by atoms with Crippen molar-refractivity contribution >= 4 is 5.91 Å². The standard InChI is InChI=1S/C30H41N3O2/c1-2-17-31-20-16-26-9-7-10-27(22-31)33(26)29(25-8-6-11-28(34)21-25)23-12-14-24(15-13-23)30(35)32-18-4-3-5-19-32/h2,6,8,11-14,21,24,26-27,29,34H,1,3-5,7,9-10,15-20,22H2. The number of benzene rings is 1. The molecule has 0 radical (unpaired) electrons. The van der Waals surface area contributed by atoms with Gasteiger partial charge in [-0.25, -0.2) is 0 Å². The Labute approximate surface area is 210 Å². The first-order valence-electron chi connectivity index (χ1n) is 13.7. The molecule has 0 aromatic heterocycles. The Kier molecular flexibility index (Phi) is 7.74. The number of fused-ring (bicyclic) bond motifs is 2. The fourth-order valence-corrected chi connectivity index (χ4v) is 6.76. The van der Waals surface area contributed by atoms with Crippen LogP contribution in [0, 0.1) is 5.92 Å². The molecule has 188 valence electrons. The van der Waals surface area contributed by atoms with Crippen LogP contribution in [0.3, 0.4) is 0 Å².